The summed E-state index contributed by atoms with van der Waals surface area (Å²) in [6.07, 6.45) is 1.80. The first-order valence-electron chi connectivity index (χ1n) is 6.64. The molecule has 1 fully saturated rings. The second-order valence-corrected chi connectivity index (χ2v) is 6.30. The molecule has 1 aromatic carbocycles. The van der Waals surface area contributed by atoms with E-state index in [-0.39, 0.29) is 5.78 Å². The topological polar surface area (TPSA) is 20.3 Å². The van der Waals surface area contributed by atoms with Crippen molar-refractivity contribution in [3.63, 3.8) is 0 Å². The Hall–Kier alpha value is -0.570. The molecule has 0 spiro atoms. The van der Waals surface area contributed by atoms with E-state index in [0.29, 0.717) is 22.0 Å². The number of rotatable bonds is 6. The molecule has 0 aliphatic heterocycles. The zero-order valence-corrected chi connectivity index (χ0v) is 12.8. The van der Waals surface area contributed by atoms with Crippen molar-refractivity contribution in [2.24, 2.45) is 11.8 Å². The molecule has 0 radical (unpaired) electrons. The Morgan fingerprint density at radius 3 is 2.74 bits per heavy atom. The third-order valence-electron chi connectivity index (χ3n) is 3.79. The normalized spacial score (nSPS) is 21.7. The standard InChI is InChI=1S/C15H19Cl2NO/c1-10-8-11(10)9-18(2)7-6-14(19)12-4-3-5-13(16)15(12)17/h3-5,10-11H,6-9H2,1-2H3. The van der Waals surface area contributed by atoms with Crippen molar-refractivity contribution in [2.75, 3.05) is 20.1 Å². The minimum atomic E-state index is 0.0585. The van der Waals surface area contributed by atoms with E-state index < -0.39 is 0 Å². The number of hydrogen-bond donors (Lipinski definition) is 0. The molecule has 104 valence electrons. The summed E-state index contributed by atoms with van der Waals surface area (Å²) in [4.78, 5) is 14.3. The van der Waals surface area contributed by atoms with Crippen molar-refractivity contribution in [1.82, 2.24) is 4.90 Å². The molecule has 0 saturated heterocycles. The van der Waals surface area contributed by atoms with Gasteiger partial charge in [-0.1, -0.05) is 36.2 Å². The maximum atomic E-state index is 12.1. The van der Waals surface area contributed by atoms with E-state index in [0.717, 1.165) is 24.9 Å². The van der Waals surface area contributed by atoms with Crippen molar-refractivity contribution in [2.45, 2.75) is 19.8 Å². The Labute approximate surface area is 124 Å². The zero-order chi connectivity index (χ0) is 14.0. The maximum absolute atomic E-state index is 12.1. The molecular formula is C15H19Cl2NO. The van der Waals surface area contributed by atoms with Crippen molar-refractivity contribution >= 4 is 29.0 Å². The molecule has 1 aliphatic rings. The molecule has 2 rings (SSSR count). The van der Waals surface area contributed by atoms with E-state index in [2.05, 4.69) is 18.9 Å². The highest BCUT2D eigenvalue weighted by molar-refractivity contribution is 6.43. The van der Waals surface area contributed by atoms with Crippen molar-refractivity contribution in [3.8, 4) is 0 Å². The van der Waals surface area contributed by atoms with Gasteiger partial charge in [0.2, 0.25) is 0 Å². The highest BCUT2D eigenvalue weighted by atomic mass is 35.5. The van der Waals surface area contributed by atoms with Crippen LogP contribution in [0.5, 0.6) is 0 Å². The lowest BCUT2D eigenvalue weighted by molar-refractivity contribution is 0.0968. The third kappa shape index (κ3) is 3.95. The lowest BCUT2D eigenvalue weighted by atomic mass is 10.1. The van der Waals surface area contributed by atoms with Crippen LogP contribution in [0.2, 0.25) is 10.0 Å². The largest absolute Gasteiger partial charge is 0.306 e. The highest BCUT2D eigenvalue weighted by Crippen LogP contribution is 2.37. The van der Waals surface area contributed by atoms with Gasteiger partial charge in [0.1, 0.15) is 0 Å². The SMILES string of the molecule is CC1CC1CN(C)CCC(=O)c1cccc(Cl)c1Cl. The summed E-state index contributed by atoms with van der Waals surface area (Å²) in [5.74, 6) is 1.72. The Kier molecular flexibility index (Phi) is 4.88. The van der Waals surface area contributed by atoms with Crippen LogP contribution in [0, 0.1) is 11.8 Å². The number of Topliss-reactive ketones (excluding diaryl/α,β-unsaturated/α-hetero) is 1. The van der Waals surface area contributed by atoms with Gasteiger partial charge in [-0.3, -0.25) is 4.79 Å². The zero-order valence-electron chi connectivity index (χ0n) is 11.3. The minimum absolute atomic E-state index is 0.0585. The highest BCUT2D eigenvalue weighted by Gasteiger charge is 2.33. The number of nitrogens with zero attached hydrogens (tertiary/aromatic N) is 1. The smallest absolute Gasteiger partial charge is 0.165 e. The van der Waals surface area contributed by atoms with Gasteiger partial charge in [0.15, 0.2) is 5.78 Å². The van der Waals surface area contributed by atoms with Gasteiger partial charge in [-0.2, -0.15) is 0 Å². The monoisotopic (exact) mass is 299 g/mol. The summed E-state index contributed by atoms with van der Waals surface area (Å²) in [7, 11) is 2.07. The van der Waals surface area contributed by atoms with Crippen LogP contribution in [0.1, 0.15) is 30.1 Å². The fourth-order valence-corrected chi connectivity index (χ4v) is 2.70. The first kappa shape index (κ1) is 14.8. The fourth-order valence-electron chi connectivity index (χ4n) is 2.29. The number of benzene rings is 1. The molecule has 0 aromatic heterocycles. The first-order chi connectivity index (χ1) is 8.99. The Morgan fingerprint density at radius 1 is 1.42 bits per heavy atom. The minimum Gasteiger partial charge on any atom is -0.306 e. The average molecular weight is 300 g/mol. The van der Waals surface area contributed by atoms with Crippen LogP contribution < -0.4 is 0 Å². The maximum Gasteiger partial charge on any atom is 0.165 e. The molecule has 4 heteroatoms. The number of ketones is 1. The summed E-state index contributed by atoms with van der Waals surface area (Å²) in [6, 6.07) is 5.19. The molecule has 0 heterocycles. The molecule has 2 nitrogen and oxygen atoms in total. The second-order valence-electron chi connectivity index (χ2n) is 5.51. The number of halogens is 2. The van der Waals surface area contributed by atoms with E-state index in [1.165, 1.54) is 6.42 Å². The van der Waals surface area contributed by atoms with E-state index in [1.54, 1.807) is 18.2 Å². The van der Waals surface area contributed by atoms with Crippen molar-refractivity contribution < 1.29 is 4.79 Å². The average Bonchev–Trinajstić information content (AvgIpc) is 3.05. The molecule has 1 aromatic rings. The molecule has 2 unspecified atom stereocenters. The molecule has 1 aliphatic carbocycles. The summed E-state index contributed by atoms with van der Waals surface area (Å²) in [5, 5.41) is 0.806. The Balaban J connectivity index is 1.85. The summed E-state index contributed by atoms with van der Waals surface area (Å²) in [6.45, 7) is 4.12. The Bertz CT molecular complexity index is 475. The van der Waals surface area contributed by atoms with Crippen LogP contribution in [0.3, 0.4) is 0 Å². The lowest BCUT2D eigenvalue weighted by Crippen LogP contribution is -2.24. The van der Waals surface area contributed by atoms with Gasteiger partial charge >= 0.3 is 0 Å². The quantitative estimate of drug-likeness (QED) is 0.735. The van der Waals surface area contributed by atoms with Gasteiger partial charge in [0.05, 0.1) is 10.0 Å². The van der Waals surface area contributed by atoms with Gasteiger partial charge in [-0.15, -0.1) is 0 Å². The van der Waals surface area contributed by atoms with E-state index >= 15 is 0 Å². The molecular weight excluding hydrogens is 281 g/mol. The molecule has 1 saturated carbocycles. The van der Waals surface area contributed by atoms with Gasteiger partial charge < -0.3 is 4.90 Å². The van der Waals surface area contributed by atoms with Crippen LogP contribution in [-0.2, 0) is 0 Å². The number of hydrogen-bond acceptors (Lipinski definition) is 2. The van der Waals surface area contributed by atoms with Crippen LogP contribution in [0.4, 0.5) is 0 Å². The lowest BCUT2D eigenvalue weighted by Gasteiger charge is -2.16. The fraction of sp³-hybridized carbons (Fsp3) is 0.533. The van der Waals surface area contributed by atoms with Crippen LogP contribution in [-0.4, -0.2) is 30.8 Å². The van der Waals surface area contributed by atoms with Gasteiger partial charge in [-0.05, 0) is 37.4 Å². The molecule has 0 N–H and O–H groups in total. The Morgan fingerprint density at radius 2 is 2.11 bits per heavy atom. The van der Waals surface area contributed by atoms with Gasteiger partial charge in [-0.25, -0.2) is 0 Å². The van der Waals surface area contributed by atoms with Crippen LogP contribution >= 0.6 is 23.2 Å². The van der Waals surface area contributed by atoms with E-state index in [4.69, 9.17) is 23.2 Å². The molecule has 0 bridgehead atoms. The first-order valence-corrected chi connectivity index (χ1v) is 7.40. The second kappa shape index (κ2) is 6.25. The number of carbonyl (C=O) groups is 1. The predicted octanol–water partition coefficient (Wildman–Crippen LogP) is 4.15. The summed E-state index contributed by atoms with van der Waals surface area (Å²) >= 11 is 12.0. The summed E-state index contributed by atoms with van der Waals surface area (Å²) in [5.41, 5.74) is 0.530. The predicted molar refractivity (Wildman–Crippen MR) is 80.2 cm³/mol. The third-order valence-corrected chi connectivity index (χ3v) is 4.61. The van der Waals surface area contributed by atoms with Gasteiger partial charge in [0, 0.05) is 25.1 Å². The van der Waals surface area contributed by atoms with Gasteiger partial charge in [0.25, 0.3) is 0 Å². The van der Waals surface area contributed by atoms with E-state index in [1.807, 2.05) is 0 Å². The van der Waals surface area contributed by atoms with Crippen molar-refractivity contribution in [1.29, 1.82) is 0 Å². The number of carbonyl (C=O) groups excluding carboxylic acids is 1. The molecule has 0 amide bonds. The van der Waals surface area contributed by atoms with E-state index in [9.17, 15) is 4.79 Å². The molecule has 19 heavy (non-hydrogen) atoms. The molecule has 2 atom stereocenters. The van der Waals surface area contributed by atoms with Crippen LogP contribution in [0.25, 0.3) is 0 Å². The summed E-state index contributed by atoms with van der Waals surface area (Å²) < 4.78 is 0. The van der Waals surface area contributed by atoms with Crippen LogP contribution in [0.15, 0.2) is 18.2 Å². The van der Waals surface area contributed by atoms with Crippen molar-refractivity contribution in [3.05, 3.63) is 33.8 Å².